The van der Waals surface area contributed by atoms with Crippen molar-refractivity contribution in [2.24, 2.45) is 5.73 Å². The Morgan fingerprint density at radius 3 is 2.09 bits per heavy atom. The van der Waals surface area contributed by atoms with Crippen LogP contribution in [0.25, 0.3) is 0 Å². The van der Waals surface area contributed by atoms with E-state index in [1.807, 2.05) is 0 Å². The lowest BCUT2D eigenvalue weighted by atomic mass is 10.7. The fourth-order valence-electron chi connectivity index (χ4n) is 0.116. The van der Waals surface area contributed by atoms with Crippen molar-refractivity contribution < 1.29 is 24.5 Å². The van der Waals surface area contributed by atoms with Crippen molar-refractivity contribution in [3.63, 3.8) is 0 Å². The van der Waals surface area contributed by atoms with Gasteiger partial charge in [-0.1, -0.05) is 6.58 Å². The van der Waals surface area contributed by atoms with E-state index in [9.17, 15) is 4.79 Å². The van der Waals surface area contributed by atoms with Gasteiger partial charge in [0.2, 0.25) is 0 Å². The quantitative estimate of drug-likeness (QED) is 0.336. The number of hydrogen-bond acceptors (Lipinski definition) is 4. The molecule has 0 aromatic carbocycles. The fourth-order valence-corrected chi connectivity index (χ4v) is 0.116. The molecule has 0 unspecified atom stereocenters. The van der Waals surface area contributed by atoms with E-state index in [2.05, 4.69) is 22.1 Å². The number of carbonyl (C=O) groups is 2. The van der Waals surface area contributed by atoms with Crippen LogP contribution in [0.15, 0.2) is 12.7 Å². The zero-order valence-corrected chi connectivity index (χ0v) is 5.94. The van der Waals surface area contributed by atoms with Crippen LogP contribution in [0.4, 0.5) is 4.79 Å². The molecule has 0 rings (SSSR count). The molecule has 3 N–H and O–H groups in total. The van der Waals surface area contributed by atoms with Gasteiger partial charge >= 0.3 is 12.1 Å². The molecule has 0 fully saturated rings. The predicted octanol–water partition coefficient (Wildman–Crippen LogP) is -0.0999. The lowest BCUT2D eigenvalue weighted by molar-refractivity contribution is -0.249. The molecule has 0 aliphatic rings. The lowest BCUT2D eigenvalue weighted by Crippen LogP contribution is -2.03. The summed E-state index contributed by atoms with van der Waals surface area (Å²) in [7, 11) is 1.25. The van der Waals surface area contributed by atoms with Gasteiger partial charge in [-0.05, 0) is 0 Å². The van der Waals surface area contributed by atoms with Gasteiger partial charge in [-0.25, -0.2) is 9.59 Å². The van der Waals surface area contributed by atoms with Crippen molar-refractivity contribution in [2.45, 2.75) is 0 Å². The molecule has 0 spiro atoms. The highest BCUT2D eigenvalue weighted by Crippen LogP contribution is 1.74. The number of rotatable bonds is 2. The normalized spacial score (nSPS) is 7.00. The summed E-state index contributed by atoms with van der Waals surface area (Å²) in [6, 6.07) is 0. The first-order valence-corrected chi connectivity index (χ1v) is 2.40. The summed E-state index contributed by atoms with van der Waals surface area (Å²) in [6.07, 6.45) is -0.316. The predicted molar refractivity (Wildman–Crippen MR) is 35.5 cm³/mol. The number of nitrogens with two attached hydrogens (primary N) is 1. The van der Waals surface area contributed by atoms with Gasteiger partial charge < -0.3 is 10.8 Å². The van der Waals surface area contributed by atoms with Gasteiger partial charge in [0.15, 0.2) is 0 Å². The van der Waals surface area contributed by atoms with E-state index in [0.717, 1.165) is 6.08 Å². The Hall–Kier alpha value is -1.56. The maximum atomic E-state index is 9.95. The average Bonchev–Trinajstić information content (AvgIpc) is 1.87. The van der Waals surface area contributed by atoms with E-state index < -0.39 is 12.1 Å². The average molecular weight is 163 g/mol. The summed E-state index contributed by atoms with van der Waals surface area (Å²) in [5.41, 5.74) is 4.03. The highest BCUT2D eigenvalue weighted by molar-refractivity contribution is 5.80. The summed E-state index contributed by atoms with van der Waals surface area (Å²) in [5.74, 6) is -0.581. The standard InChI is InChI=1S/C4H6O3.CH3NO2/c1-3-4(5)7-6-2;2-1(3)4/h3H,1H2,2H3;2H2,(H,3,4). The van der Waals surface area contributed by atoms with Gasteiger partial charge in [-0.3, -0.25) is 4.89 Å². The Morgan fingerprint density at radius 2 is 2.00 bits per heavy atom. The molecule has 64 valence electrons. The molecule has 1 amide bonds. The molecule has 0 atom stereocenters. The Bertz CT molecular complexity index is 140. The third-order valence-electron chi connectivity index (χ3n) is 0.332. The first-order chi connectivity index (χ1) is 5.04. The van der Waals surface area contributed by atoms with Crippen LogP contribution in [0.3, 0.4) is 0 Å². The smallest absolute Gasteiger partial charge is 0.402 e. The largest absolute Gasteiger partial charge is 0.465 e. The van der Waals surface area contributed by atoms with Crippen molar-refractivity contribution in [3.05, 3.63) is 12.7 Å². The van der Waals surface area contributed by atoms with Gasteiger partial charge in [-0.2, -0.15) is 4.89 Å². The zero-order chi connectivity index (χ0) is 9.28. The Balaban J connectivity index is 0. The van der Waals surface area contributed by atoms with Crippen molar-refractivity contribution in [2.75, 3.05) is 7.11 Å². The van der Waals surface area contributed by atoms with Crippen LogP contribution in [-0.4, -0.2) is 24.3 Å². The number of amides is 1. The summed E-state index contributed by atoms with van der Waals surface area (Å²) in [6.45, 7) is 3.12. The van der Waals surface area contributed by atoms with E-state index in [1.165, 1.54) is 7.11 Å². The molecule has 0 saturated carbocycles. The first kappa shape index (κ1) is 12.1. The summed E-state index contributed by atoms with van der Waals surface area (Å²) >= 11 is 0. The molecule has 0 aliphatic heterocycles. The first-order valence-electron chi connectivity index (χ1n) is 2.40. The fraction of sp³-hybridized carbons (Fsp3) is 0.200. The molecule has 6 nitrogen and oxygen atoms in total. The minimum absolute atomic E-state index is 0.581. The van der Waals surface area contributed by atoms with E-state index in [1.54, 1.807) is 0 Å². The third kappa shape index (κ3) is 29.6. The molecular weight excluding hydrogens is 154 g/mol. The summed E-state index contributed by atoms with van der Waals surface area (Å²) in [4.78, 5) is 26.6. The molecule has 0 aromatic rings. The zero-order valence-electron chi connectivity index (χ0n) is 5.94. The van der Waals surface area contributed by atoms with E-state index in [0.29, 0.717) is 0 Å². The Labute approximate surface area is 63.1 Å². The summed E-state index contributed by atoms with van der Waals surface area (Å²) < 4.78 is 0. The van der Waals surface area contributed by atoms with Crippen molar-refractivity contribution in [1.29, 1.82) is 0 Å². The minimum atomic E-state index is -1.33. The maximum absolute atomic E-state index is 9.95. The van der Waals surface area contributed by atoms with E-state index in [4.69, 9.17) is 9.90 Å². The Kier molecular flexibility index (Phi) is 9.32. The number of carboxylic acid groups (broad SMARTS) is 1. The topological polar surface area (TPSA) is 98.9 Å². The van der Waals surface area contributed by atoms with Crippen LogP contribution in [0.5, 0.6) is 0 Å². The molecule has 0 radical (unpaired) electrons. The van der Waals surface area contributed by atoms with Gasteiger partial charge in [-0.15, -0.1) is 0 Å². The highest BCUT2D eigenvalue weighted by atomic mass is 17.2. The van der Waals surface area contributed by atoms with Crippen LogP contribution in [0.2, 0.25) is 0 Å². The molecule has 0 aromatic heterocycles. The van der Waals surface area contributed by atoms with E-state index in [-0.39, 0.29) is 0 Å². The van der Waals surface area contributed by atoms with Crippen molar-refractivity contribution in [3.8, 4) is 0 Å². The van der Waals surface area contributed by atoms with Crippen LogP contribution in [0, 0.1) is 0 Å². The number of hydrogen-bond donors (Lipinski definition) is 2. The van der Waals surface area contributed by atoms with Gasteiger partial charge in [0.25, 0.3) is 0 Å². The third-order valence-corrected chi connectivity index (χ3v) is 0.332. The summed E-state index contributed by atoms with van der Waals surface area (Å²) in [5, 5.41) is 7.19. The van der Waals surface area contributed by atoms with Crippen LogP contribution in [-0.2, 0) is 14.6 Å². The second-order valence-corrected chi connectivity index (χ2v) is 1.11. The molecular formula is C5H9NO5. The number of carbonyl (C=O) groups excluding carboxylic acids is 1. The highest BCUT2D eigenvalue weighted by Gasteiger charge is 1.88. The van der Waals surface area contributed by atoms with Crippen molar-refractivity contribution >= 4 is 12.1 Å². The second-order valence-electron chi connectivity index (χ2n) is 1.11. The van der Waals surface area contributed by atoms with Crippen LogP contribution < -0.4 is 5.73 Å². The maximum Gasteiger partial charge on any atom is 0.402 e. The monoisotopic (exact) mass is 163 g/mol. The molecule has 0 saturated heterocycles. The van der Waals surface area contributed by atoms with Gasteiger partial charge in [0, 0.05) is 6.08 Å². The van der Waals surface area contributed by atoms with Crippen LogP contribution >= 0.6 is 0 Å². The Morgan fingerprint density at radius 1 is 1.64 bits per heavy atom. The molecule has 0 heterocycles. The lowest BCUT2D eigenvalue weighted by Gasteiger charge is -1.88. The molecule has 11 heavy (non-hydrogen) atoms. The molecule has 0 aliphatic carbocycles. The van der Waals surface area contributed by atoms with Gasteiger partial charge in [0.1, 0.15) is 0 Å². The van der Waals surface area contributed by atoms with Crippen LogP contribution in [0.1, 0.15) is 0 Å². The molecule has 0 bridgehead atoms. The minimum Gasteiger partial charge on any atom is -0.465 e. The number of primary amides is 1. The SMILES string of the molecule is C=CC(=O)OOC.NC(=O)O. The van der Waals surface area contributed by atoms with Gasteiger partial charge in [0.05, 0.1) is 7.11 Å². The molecule has 6 heteroatoms. The van der Waals surface area contributed by atoms with Crippen molar-refractivity contribution in [1.82, 2.24) is 0 Å². The second kappa shape index (κ2) is 8.44. The van der Waals surface area contributed by atoms with E-state index >= 15 is 0 Å².